The van der Waals surface area contributed by atoms with Crippen LogP contribution >= 0.6 is 35.0 Å². The molecule has 2 aromatic rings. The summed E-state index contributed by atoms with van der Waals surface area (Å²) >= 11 is 18.7. The minimum Gasteiger partial charge on any atom is -0.493 e. The van der Waals surface area contributed by atoms with Crippen molar-refractivity contribution in [2.75, 3.05) is 20.8 Å². The number of nitrogens with zero attached hydrogens (tertiary/aromatic N) is 2. The van der Waals surface area contributed by atoms with Crippen LogP contribution in [-0.2, 0) is 16.0 Å². The molecule has 1 aromatic heterocycles. The zero-order valence-corrected chi connectivity index (χ0v) is 18.3. The fourth-order valence-corrected chi connectivity index (χ4v) is 4.10. The average molecular weight is 460 g/mol. The second-order valence-electron chi connectivity index (χ2n) is 6.61. The lowest BCUT2D eigenvalue weighted by molar-refractivity contribution is -0.153. The van der Waals surface area contributed by atoms with Crippen LogP contribution < -0.4 is 9.47 Å². The first-order valence-corrected chi connectivity index (χ1v) is 10.2. The van der Waals surface area contributed by atoms with Crippen molar-refractivity contribution in [2.24, 2.45) is 0 Å². The summed E-state index contributed by atoms with van der Waals surface area (Å²) in [5, 5.41) is 0.803. The third-order valence-electron chi connectivity index (χ3n) is 4.84. The van der Waals surface area contributed by atoms with Crippen molar-refractivity contribution in [3.63, 3.8) is 0 Å². The molecule has 0 radical (unpaired) electrons. The second kappa shape index (κ2) is 9.85. The normalized spacial score (nSPS) is 17.8. The number of methoxy groups -OCH3 is 2. The Balaban J connectivity index is 1.94. The van der Waals surface area contributed by atoms with Gasteiger partial charge in [-0.3, -0.25) is 9.78 Å². The van der Waals surface area contributed by atoms with Gasteiger partial charge >= 0.3 is 5.97 Å². The average Bonchev–Trinajstić information content (AvgIpc) is 3.15. The van der Waals surface area contributed by atoms with Gasteiger partial charge in [0, 0.05) is 25.4 Å². The summed E-state index contributed by atoms with van der Waals surface area (Å²) < 4.78 is 18.1. The summed E-state index contributed by atoms with van der Waals surface area (Å²) in [6.07, 6.45) is 4.13. The van der Waals surface area contributed by atoms with Crippen LogP contribution in [0.15, 0.2) is 30.6 Å². The highest BCUT2D eigenvalue weighted by Gasteiger charge is 2.33. The van der Waals surface area contributed by atoms with Crippen LogP contribution in [0.4, 0.5) is 0 Å². The van der Waals surface area contributed by atoms with E-state index in [-0.39, 0.29) is 6.42 Å². The number of hydrogen-bond acceptors (Lipinski definition) is 6. The van der Waals surface area contributed by atoms with Crippen molar-refractivity contribution in [2.45, 2.75) is 31.4 Å². The molecule has 156 valence electrons. The van der Waals surface area contributed by atoms with Gasteiger partial charge in [0.2, 0.25) is 0 Å². The Labute approximate surface area is 184 Å². The number of carbonyl (C=O) groups excluding carboxylic acids is 1. The highest BCUT2D eigenvalue weighted by Crippen LogP contribution is 2.36. The van der Waals surface area contributed by atoms with Crippen LogP contribution in [0.1, 0.15) is 30.1 Å². The zero-order valence-electron chi connectivity index (χ0n) is 16.0. The Hall–Kier alpha value is -1.73. The molecular formula is C20H21Cl3N2O4. The molecule has 0 unspecified atom stereocenters. The number of benzene rings is 1. The highest BCUT2D eigenvalue weighted by molar-refractivity contribution is 6.35. The maximum Gasteiger partial charge on any atom is 0.325 e. The number of ether oxygens (including phenoxy) is 3. The minimum absolute atomic E-state index is 0.274. The molecule has 2 heterocycles. The number of carbonyl (C=O) groups is 1. The Morgan fingerprint density at radius 1 is 1.21 bits per heavy atom. The van der Waals surface area contributed by atoms with Crippen molar-refractivity contribution in [3.05, 3.63) is 51.8 Å². The van der Waals surface area contributed by atoms with Crippen LogP contribution in [0.3, 0.4) is 0 Å². The van der Waals surface area contributed by atoms with Gasteiger partial charge in [-0.2, -0.15) is 0 Å². The lowest BCUT2D eigenvalue weighted by Crippen LogP contribution is -2.32. The topological polar surface area (TPSA) is 60.9 Å². The molecule has 0 bridgehead atoms. The van der Waals surface area contributed by atoms with Crippen molar-refractivity contribution < 1.29 is 19.0 Å². The summed E-state index contributed by atoms with van der Waals surface area (Å²) in [6.45, 7) is 0.643. The van der Waals surface area contributed by atoms with E-state index in [1.807, 2.05) is 6.07 Å². The van der Waals surface area contributed by atoms with E-state index < -0.39 is 18.1 Å². The lowest BCUT2D eigenvalue weighted by atomic mass is 10.0. The Morgan fingerprint density at radius 2 is 1.90 bits per heavy atom. The molecule has 6 nitrogen and oxygen atoms in total. The molecule has 1 saturated heterocycles. The predicted octanol–water partition coefficient (Wildman–Crippen LogP) is 4.85. The highest BCUT2D eigenvalue weighted by atomic mass is 35.5. The van der Waals surface area contributed by atoms with Crippen molar-refractivity contribution in [1.82, 2.24) is 9.40 Å². The first-order valence-electron chi connectivity index (χ1n) is 9.07. The zero-order chi connectivity index (χ0) is 21.0. The molecule has 3 rings (SSSR count). The van der Waals surface area contributed by atoms with Gasteiger partial charge < -0.3 is 14.2 Å². The summed E-state index contributed by atoms with van der Waals surface area (Å²) in [5.41, 5.74) is 1.36. The minimum atomic E-state index is -0.648. The van der Waals surface area contributed by atoms with Gasteiger partial charge in [-0.05, 0) is 47.9 Å². The Bertz CT molecular complexity index is 861. The molecule has 2 atom stereocenters. The molecule has 0 N–H and O–H groups in total. The van der Waals surface area contributed by atoms with E-state index >= 15 is 0 Å². The van der Waals surface area contributed by atoms with Gasteiger partial charge in [-0.15, -0.1) is 0 Å². The maximum absolute atomic E-state index is 12.8. The first-order chi connectivity index (χ1) is 13.9. The monoisotopic (exact) mass is 458 g/mol. The number of esters is 1. The van der Waals surface area contributed by atoms with Gasteiger partial charge in [0.05, 0.1) is 24.3 Å². The molecule has 1 fully saturated rings. The largest absolute Gasteiger partial charge is 0.493 e. The van der Waals surface area contributed by atoms with Crippen LogP contribution in [0.25, 0.3) is 0 Å². The summed E-state index contributed by atoms with van der Waals surface area (Å²) in [6, 6.07) is 4.86. The molecular weight excluding hydrogens is 439 g/mol. The molecule has 1 aliphatic heterocycles. The van der Waals surface area contributed by atoms with E-state index in [0.29, 0.717) is 40.1 Å². The van der Waals surface area contributed by atoms with Gasteiger partial charge in [0.15, 0.2) is 11.5 Å². The van der Waals surface area contributed by atoms with Gasteiger partial charge in [-0.25, -0.2) is 4.42 Å². The van der Waals surface area contributed by atoms with Crippen LogP contribution in [-0.4, -0.2) is 42.2 Å². The molecule has 0 aliphatic carbocycles. The first kappa shape index (κ1) is 22.0. The quantitative estimate of drug-likeness (QED) is 0.436. The van der Waals surface area contributed by atoms with E-state index in [2.05, 4.69) is 4.98 Å². The van der Waals surface area contributed by atoms with Gasteiger partial charge in [-0.1, -0.05) is 29.3 Å². The van der Waals surface area contributed by atoms with E-state index in [0.717, 1.165) is 12.0 Å². The molecule has 0 amide bonds. The summed E-state index contributed by atoms with van der Waals surface area (Å²) in [4.78, 5) is 16.8. The smallest absolute Gasteiger partial charge is 0.325 e. The lowest BCUT2D eigenvalue weighted by Gasteiger charge is -2.23. The molecule has 0 saturated carbocycles. The summed E-state index contributed by atoms with van der Waals surface area (Å²) in [7, 11) is 3.10. The SMILES string of the molecule is COc1ccc([C@H](Cc2c(Cl)cncc2Cl)OC(=O)[C@@H]2CCCN2Cl)cc1OC. The molecule has 29 heavy (non-hydrogen) atoms. The van der Waals surface area contributed by atoms with Crippen LogP contribution in [0.2, 0.25) is 10.0 Å². The maximum atomic E-state index is 12.8. The third kappa shape index (κ3) is 5.07. The Morgan fingerprint density at radius 3 is 2.48 bits per heavy atom. The third-order valence-corrected chi connectivity index (χ3v) is 5.90. The fraction of sp³-hybridized carbons (Fsp3) is 0.400. The molecule has 9 heteroatoms. The standard InChI is InChI=1S/C20H21Cl3N2O4/c1-27-17-6-5-12(8-19(17)28-2)18(9-13-14(21)10-24-11-15(13)22)29-20(26)16-4-3-7-25(16)23/h5-6,8,10-11,16,18H,3-4,7,9H2,1-2H3/t16-,18-/m0/s1. The van der Waals surface area contributed by atoms with Crippen molar-refractivity contribution in [1.29, 1.82) is 0 Å². The van der Waals surface area contributed by atoms with Crippen molar-refractivity contribution in [3.8, 4) is 11.5 Å². The van der Waals surface area contributed by atoms with Crippen molar-refractivity contribution >= 4 is 40.9 Å². The van der Waals surface area contributed by atoms with Crippen LogP contribution in [0.5, 0.6) is 11.5 Å². The molecule has 1 aliphatic rings. The number of rotatable bonds is 7. The van der Waals surface area contributed by atoms with E-state index in [1.54, 1.807) is 26.4 Å². The van der Waals surface area contributed by atoms with Crippen LogP contribution in [0, 0.1) is 0 Å². The number of pyridine rings is 1. The predicted molar refractivity (Wildman–Crippen MR) is 112 cm³/mol. The fourth-order valence-electron chi connectivity index (χ4n) is 3.28. The van der Waals surface area contributed by atoms with E-state index in [9.17, 15) is 4.79 Å². The number of halogens is 3. The van der Waals surface area contributed by atoms with Gasteiger partial charge in [0.1, 0.15) is 12.1 Å². The molecule has 0 spiro atoms. The number of aromatic nitrogens is 1. The second-order valence-corrected chi connectivity index (χ2v) is 7.86. The van der Waals surface area contributed by atoms with Gasteiger partial charge in [0.25, 0.3) is 0 Å². The number of hydrogen-bond donors (Lipinski definition) is 0. The van der Waals surface area contributed by atoms with E-state index in [1.165, 1.54) is 16.8 Å². The van der Waals surface area contributed by atoms with E-state index in [4.69, 9.17) is 49.2 Å². The molecule has 1 aromatic carbocycles. The Kier molecular flexibility index (Phi) is 7.46. The summed E-state index contributed by atoms with van der Waals surface area (Å²) in [5.74, 6) is 0.709.